The van der Waals surface area contributed by atoms with E-state index in [1.165, 1.54) is 6.42 Å². The van der Waals surface area contributed by atoms with Gasteiger partial charge in [0.15, 0.2) is 0 Å². The molecule has 140 valence electrons. The fourth-order valence-corrected chi connectivity index (χ4v) is 3.96. The van der Waals surface area contributed by atoms with E-state index in [4.69, 9.17) is 4.74 Å². The SMILES string of the molecule is COCCc1cn(C[C@@H]2CCC[C@@H]2NC(=O)C2CC(N(C)C)C2)nn1. The summed E-state index contributed by atoms with van der Waals surface area (Å²) in [7, 11) is 5.87. The van der Waals surface area contributed by atoms with E-state index in [2.05, 4.69) is 34.6 Å². The van der Waals surface area contributed by atoms with Crippen LogP contribution in [0.4, 0.5) is 0 Å². The minimum Gasteiger partial charge on any atom is -0.384 e. The summed E-state index contributed by atoms with van der Waals surface area (Å²) >= 11 is 0. The van der Waals surface area contributed by atoms with Gasteiger partial charge in [-0.25, -0.2) is 0 Å². The van der Waals surface area contributed by atoms with Crippen LogP contribution >= 0.6 is 0 Å². The van der Waals surface area contributed by atoms with Crippen molar-refractivity contribution in [3.05, 3.63) is 11.9 Å². The molecule has 7 nitrogen and oxygen atoms in total. The summed E-state index contributed by atoms with van der Waals surface area (Å²) in [6.07, 6.45) is 8.16. The van der Waals surface area contributed by atoms with E-state index in [0.717, 1.165) is 44.3 Å². The normalized spacial score (nSPS) is 29.0. The second kappa shape index (κ2) is 8.27. The van der Waals surface area contributed by atoms with Crippen LogP contribution in [0.2, 0.25) is 0 Å². The van der Waals surface area contributed by atoms with Gasteiger partial charge >= 0.3 is 0 Å². The molecule has 1 N–H and O–H groups in total. The number of hydrogen-bond donors (Lipinski definition) is 1. The first-order chi connectivity index (χ1) is 12.1. The highest BCUT2D eigenvalue weighted by Crippen LogP contribution is 2.32. The standard InChI is InChI=1S/C18H31N5O2/c1-22(2)16-9-14(10-16)18(24)19-17-6-4-5-13(17)11-23-12-15(20-21-23)7-8-25-3/h12-14,16-17H,4-11H2,1-3H3,(H,19,24)/t13-,14?,16?,17-/m0/s1. The molecule has 2 aliphatic carbocycles. The van der Waals surface area contributed by atoms with Crippen LogP contribution in [-0.4, -0.2) is 65.7 Å². The van der Waals surface area contributed by atoms with Gasteiger partial charge in [-0.1, -0.05) is 11.6 Å². The summed E-state index contributed by atoms with van der Waals surface area (Å²) in [5.74, 6) is 0.890. The number of nitrogens with one attached hydrogen (secondary N) is 1. The van der Waals surface area contributed by atoms with Crippen LogP contribution in [0.1, 0.15) is 37.8 Å². The maximum Gasteiger partial charge on any atom is 0.223 e. The molecule has 1 heterocycles. The van der Waals surface area contributed by atoms with Crippen molar-refractivity contribution in [2.24, 2.45) is 11.8 Å². The van der Waals surface area contributed by atoms with Crippen molar-refractivity contribution >= 4 is 5.91 Å². The average molecular weight is 349 g/mol. The first-order valence-electron chi connectivity index (χ1n) is 9.41. The highest BCUT2D eigenvalue weighted by atomic mass is 16.5. The molecule has 1 amide bonds. The van der Waals surface area contributed by atoms with Crippen LogP contribution in [0.5, 0.6) is 0 Å². The molecule has 2 saturated carbocycles. The number of carbonyl (C=O) groups excluding carboxylic acids is 1. The van der Waals surface area contributed by atoms with Crippen molar-refractivity contribution in [2.75, 3.05) is 27.8 Å². The lowest BCUT2D eigenvalue weighted by Gasteiger charge is -2.39. The lowest BCUT2D eigenvalue weighted by atomic mass is 9.79. The van der Waals surface area contributed by atoms with Crippen molar-refractivity contribution in [3.63, 3.8) is 0 Å². The molecule has 0 radical (unpaired) electrons. The molecule has 0 aromatic carbocycles. The van der Waals surface area contributed by atoms with Crippen molar-refractivity contribution in [1.82, 2.24) is 25.2 Å². The van der Waals surface area contributed by atoms with Crippen molar-refractivity contribution in [1.29, 1.82) is 0 Å². The van der Waals surface area contributed by atoms with Gasteiger partial charge in [-0.3, -0.25) is 9.48 Å². The van der Waals surface area contributed by atoms with Crippen LogP contribution in [0.25, 0.3) is 0 Å². The van der Waals surface area contributed by atoms with Gasteiger partial charge in [-0.2, -0.15) is 0 Å². The summed E-state index contributed by atoms with van der Waals surface area (Å²) < 4.78 is 7.00. The number of aromatic nitrogens is 3. The molecule has 0 bridgehead atoms. The molecular formula is C18H31N5O2. The first kappa shape index (κ1) is 18.3. The third-order valence-corrected chi connectivity index (χ3v) is 5.77. The molecule has 2 atom stereocenters. The van der Waals surface area contributed by atoms with E-state index in [9.17, 15) is 4.79 Å². The number of amides is 1. The Labute approximate surface area is 150 Å². The Bertz CT molecular complexity index is 568. The van der Waals surface area contributed by atoms with Gasteiger partial charge in [0.05, 0.1) is 12.3 Å². The zero-order valence-corrected chi connectivity index (χ0v) is 15.6. The van der Waals surface area contributed by atoms with Gasteiger partial charge in [0.25, 0.3) is 0 Å². The van der Waals surface area contributed by atoms with E-state index in [-0.39, 0.29) is 17.9 Å². The zero-order chi connectivity index (χ0) is 17.8. The summed E-state index contributed by atoms with van der Waals surface area (Å²) in [5, 5.41) is 11.7. The third-order valence-electron chi connectivity index (χ3n) is 5.77. The molecule has 2 aliphatic rings. The van der Waals surface area contributed by atoms with Crippen molar-refractivity contribution in [2.45, 2.75) is 57.2 Å². The van der Waals surface area contributed by atoms with E-state index in [0.29, 0.717) is 18.6 Å². The highest BCUT2D eigenvalue weighted by molar-refractivity contribution is 5.80. The fourth-order valence-electron chi connectivity index (χ4n) is 3.96. The molecule has 25 heavy (non-hydrogen) atoms. The van der Waals surface area contributed by atoms with E-state index in [1.807, 2.05) is 10.9 Å². The maximum atomic E-state index is 12.5. The van der Waals surface area contributed by atoms with Gasteiger partial charge in [0.2, 0.25) is 5.91 Å². The molecule has 0 aliphatic heterocycles. The average Bonchev–Trinajstić information content (AvgIpc) is 3.13. The number of carbonyl (C=O) groups is 1. The van der Waals surface area contributed by atoms with Gasteiger partial charge in [0, 0.05) is 44.3 Å². The Morgan fingerprint density at radius 2 is 2.20 bits per heavy atom. The van der Waals surface area contributed by atoms with E-state index in [1.54, 1.807) is 7.11 Å². The molecule has 0 spiro atoms. The lowest BCUT2D eigenvalue weighted by molar-refractivity contribution is -0.130. The smallest absolute Gasteiger partial charge is 0.223 e. The molecular weight excluding hydrogens is 318 g/mol. The largest absolute Gasteiger partial charge is 0.384 e. The Balaban J connectivity index is 1.47. The van der Waals surface area contributed by atoms with Gasteiger partial charge < -0.3 is 15.0 Å². The Morgan fingerprint density at radius 1 is 1.40 bits per heavy atom. The van der Waals surface area contributed by atoms with Crippen LogP contribution in [-0.2, 0) is 22.5 Å². The lowest BCUT2D eigenvalue weighted by Crippen LogP contribution is -2.50. The second-order valence-corrected chi connectivity index (χ2v) is 7.77. The monoisotopic (exact) mass is 349 g/mol. The summed E-state index contributed by atoms with van der Waals surface area (Å²) in [6.45, 7) is 1.49. The molecule has 0 unspecified atom stereocenters. The first-order valence-corrected chi connectivity index (χ1v) is 9.41. The Kier molecular flexibility index (Phi) is 6.06. The minimum absolute atomic E-state index is 0.195. The Morgan fingerprint density at radius 3 is 2.92 bits per heavy atom. The van der Waals surface area contributed by atoms with Gasteiger partial charge in [-0.05, 0) is 45.7 Å². The number of ether oxygens (including phenoxy) is 1. The number of hydrogen-bond acceptors (Lipinski definition) is 5. The second-order valence-electron chi connectivity index (χ2n) is 7.77. The van der Waals surface area contributed by atoms with Crippen molar-refractivity contribution < 1.29 is 9.53 Å². The van der Waals surface area contributed by atoms with Crippen LogP contribution in [0.3, 0.4) is 0 Å². The van der Waals surface area contributed by atoms with E-state index < -0.39 is 0 Å². The van der Waals surface area contributed by atoms with Crippen LogP contribution < -0.4 is 5.32 Å². The number of rotatable bonds is 8. The van der Waals surface area contributed by atoms with Crippen molar-refractivity contribution in [3.8, 4) is 0 Å². The van der Waals surface area contributed by atoms with Gasteiger partial charge in [0.1, 0.15) is 0 Å². The zero-order valence-electron chi connectivity index (χ0n) is 15.6. The van der Waals surface area contributed by atoms with Crippen LogP contribution in [0.15, 0.2) is 6.20 Å². The molecule has 7 heteroatoms. The minimum atomic E-state index is 0.195. The molecule has 1 aromatic heterocycles. The number of nitrogens with zero attached hydrogens (tertiary/aromatic N) is 4. The topological polar surface area (TPSA) is 72.3 Å². The predicted octanol–water partition coefficient (Wildman–Crippen LogP) is 1.09. The Hall–Kier alpha value is -1.47. The highest BCUT2D eigenvalue weighted by Gasteiger charge is 2.38. The summed E-state index contributed by atoms with van der Waals surface area (Å²) in [6, 6.07) is 0.841. The molecule has 2 fully saturated rings. The molecule has 3 rings (SSSR count). The van der Waals surface area contributed by atoms with E-state index >= 15 is 0 Å². The molecule has 0 saturated heterocycles. The van der Waals surface area contributed by atoms with Crippen LogP contribution in [0, 0.1) is 11.8 Å². The molecule has 1 aromatic rings. The fraction of sp³-hybridized carbons (Fsp3) is 0.833. The maximum absolute atomic E-state index is 12.5. The predicted molar refractivity (Wildman–Crippen MR) is 95.1 cm³/mol. The third kappa shape index (κ3) is 4.58. The summed E-state index contributed by atoms with van der Waals surface area (Å²) in [5.41, 5.74) is 0.963. The van der Waals surface area contributed by atoms with Gasteiger partial charge in [-0.15, -0.1) is 5.10 Å². The summed E-state index contributed by atoms with van der Waals surface area (Å²) in [4.78, 5) is 14.7. The quantitative estimate of drug-likeness (QED) is 0.761. The number of methoxy groups -OCH3 is 1.